The Bertz CT molecular complexity index is 497. The van der Waals surface area contributed by atoms with Gasteiger partial charge in [0.25, 0.3) is 0 Å². The van der Waals surface area contributed by atoms with Gasteiger partial charge in [0.1, 0.15) is 5.78 Å². The summed E-state index contributed by atoms with van der Waals surface area (Å²) in [5, 5.41) is 0. The van der Waals surface area contributed by atoms with E-state index < -0.39 is 0 Å². The predicted molar refractivity (Wildman–Crippen MR) is 69.9 cm³/mol. The van der Waals surface area contributed by atoms with Gasteiger partial charge < -0.3 is 0 Å². The molecule has 1 aromatic carbocycles. The number of rotatable bonds is 1. The van der Waals surface area contributed by atoms with E-state index in [4.69, 9.17) is 6.42 Å². The fourth-order valence-electron chi connectivity index (χ4n) is 2.50. The molecule has 0 aromatic heterocycles. The van der Waals surface area contributed by atoms with E-state index in [1.807, 2.05) is 39.0 Å². The second kappa shape index (κ2) is 4.04. The van der Waals surface area contributed by atoms with Crippen molar-refractivity contribution in [3.05, 3.63) is 34.9 Å². The Balaban J connectivity index is 2.36. The van der Waals surface area contributed by atoms with Crippen LogP contribution in [-0.4, -0.2) is 5.78 Å². The van der Waals surface area contributed by atoms with Gasteiger partial charge in [0.15, 0.2) is 0 Å². The number of aryl methyl sites for hydroxylation is 1. The Labute approximate surface area is 103 Å². The first kappa shape index (κ1) is 11.9. The summed E-state index contributed by atoms with van der Waals surface area (Å²) in [6.45, 7) is 5.97. The highest BCUT2D eigenvalue weighted by Crippen LogP contribution is 2.38. The summed E-state index contributed by atoms with van der Waals surface area (Å²) in [6, 6.07) is 6.02. The van der Waals surface area contributed by atoms with Crippen LogP contribution in [0.2, 0.25) is 0 Å². The molecule has 1 aliphatic rings. The van der Waals surface area contributed by atoms with Gasteiger partial charge in [0.05, 0.1) is 0 Å². The highest BCUT2D eigenvalue weighted by Gasteiger charge is 2.34. The molecule has 1 aromatic rings. The largest absolute Gasteiger partial charge is 0.298 e. The highest BCUT2D eigenvalue weighted by atomic mass is 16.1. The highest BCUT2D eigenvalue weighted by molar-refractivity contribution is 5.91. The van der Waals surface area contributed by atoms with Crippen LogP contribution in [-0.2, 0) is 11.2 Å². The third-order valence-electron chi connectivity index (χ3n) is 3.44. The number of hydrogen-bond donors (Lipinski definition) is 0. The van der Waals surface area contributed by atoms with Gasteiger partial charge in [-0.2, -0.15) is 0 Å². The van der Waals surface area contributed by atoms with Gasteiger partial charge in [0.2, 0.25) is 0 Å². The molecule has 0 aliphatic heterocycles. The van der Waals surface area contributed by atoms with Crippen LogP contribution in [0, 0.1) is 17.8 Å². The zero-order chi connectivity index (χ0) is 12.6. The molecule has 0 radical (unpaired) electrons. The van der Waals surface area contributed by atoms with Crippen LogP contribution in [0.5, 0.6) is 0 Å². The zero-order valence-electron chi connectivity index (χ0n) is 10.7. The number of Topliss-reactive ketones (excluding diaryl/α,β-unsaturated/α-hetero) is 1. The number of carbonyl (C=O) groups excluding carboxylic acids is 1. The topological polar surface area (TPSA) is 17.1 Å². The number of terminal acetylenes is 1. The standard InChI is InChI=1S/C16H18O/c1-5-11-6-8-13-12(10-11)7-9-14(13)15(17)16(2,3)4/h1,6,8,10,14H,7,9H2,2-4H3. The molecule has 1 heteroatoms. The summed E-state index contributed by atoms with van der Waals surface area (Å²) in [7, 11) is 0. The molecule has 0 spiro atoms. The van der Waals surface area contributed by atoms with Crippen LogP contribution in [0.4, 0.5) is 0 Å². The van der Waals surface area contributed by atoms with Crippen molar-refractivity contribution in [3.8, 4) is 12.3 Å². The van der Waals surface area contributed by atoms with E-state index in [1.54, 1.807) is 0 Å². The number of hydrogen-bond acceptors (Lipinski definition) is 1. The van der Waals surface area contributed by atoms with Crippen molar-refractivity contribution in [2.45, 2.75) is 39.5 Å². The van der Waals surface area contributed by atoms with E-state index >= 15 is 0 Å². The SMILES string of the molecule is C#Cc1ccc2c(c1)CCC2C(=O)C(C)(C)C. The van der Waals surface area contributed by atoms with Gasteiger partial charge >= 0.3 is 0 Å². The molecule has 88 valence electrons. The maximum absolute atomic E-state index is 12.3. The lowest BCUT2D eigenvalue weighted by atomic mass is 9.80. The van der Waals surface area contributed by atoms with Gasteiger partial charge in [-0.3, -0.25) is 4.79 Å². The Morgan fingerprint density at radius 1 is 1.41 bits per heavy atom. The molecule has 1 atom stereocenters. The van der Waals surface area contributed by atoms with Gasteiger partial charge in [-0.15, -0.1) is 6.42 Å². The Morgan fingerprint density at radius 2 is 2.12 bits per heavy atom. The summed E-state index contributed by atoms with van der Waals surface area (Å²) >= 11 is 0. The third kappa shape index (κ3) is 2.13. The summed E-state index contributed by atoms with van der Waals surface area (Å²) in [5.74, 6) is 3.05. The molecule has 0 N–H and O–H groups in total. The molecule has 1 aliphatic carbocycles. The number of benzene rings is 1. The van der Waals surface area contributed by atoms with Gasteiger partial charge in [-0.05, 0) is 36.1 Å². The Hall–Kier alpha value is -1.55. The smallest absolute Gasteiger partial charge is 0.145 e. The maximum Gasteiger partial charge on any atom is 0.145 e. The molecule has 0 bridgehead atoms. The monoisotopic (exact) mass is 226 g/mol. The Morgan fingerprint density at radius 3 is 2.71 bits per heavy atom. The minimum absolute atomic E-state index is 0.0665. The van der Waals surface area contributed by atoms with E-state index in [9.17, 15) is 4.79 Å². The maximum atomic E-state index is 12.3. The van der Waals surface area contributed by atoms with E-state index in [-0.39, 0.29) is 11.3 Å². The molecule has 0 saturated heterocycles. The van der Waals surface area contributed by atoms with Crippen LogP contribution in [0.1, 0.15) is 49.8 Å². The summed E-state index contributed by atoms with van der Waals surface area (Å²) in [4.78, 5) is 12.3. The van der Waals surface area contributed by atoms with Crippen molar-refractivity contribution in [2.24, 2.45) is 5.41 Å². The minimum Gasteiger partial charge on any atom is -0.298 e. The van der Waals surface area contributed by atoms with Gasteiger partial charge in [-0.25, -0.2) is 0 Å². The molecule has 0 fully saturated rings. The van der Waals surface area contributed by atoms with E-state index in [0.29, 0.717) is 5.78 Å². The fourth-order valence-corrected chi connectivity index (χ4v) is 2.50. The van der Waals surface area contributed by atoms with E-state index in [1.165, 1.54) is 11.1 Å². The molecular formula is C16H18O. The lowest BCUT2D eigenvalue weighted by molar-refractivity contribution is -0.127. The quantitative estimate of drug-likeness (QED) is 0.671. The number of carbonyl (C=O) groups is 1. The summed E-state index contributed by atoms with van der Waals surface area (Å²) in [6.07, 6.45) is 7.29. The molecule has 0 heterocycles. The van der Waals surface area contributed by atoms with Gasteiger partial charge in [-0.1, -0.05) is 32.8 Å². The zero-order valence-corrected chi connectivity index (χ0v) is 10.7. The molecular weight excluding hydrogens is 208 g/mol. The van der Waals surface area contributed by atoms with Gasteiger partial charge in [0, 0.05) is 16.9 Å². The molecule has 2 rings (SSSR count). The third-order valence-corrected chi connectivity index (χ3v) is 3.44. The molecule has 0 amide bonds. The van der Waals surface area contributed by atoms with E-state index in [2.05, 4.69) is 5.92 Å². The lowest BCUT2D eigenvalue weighted by Crippen LogP contribution is -2.25. The van der Waals surface area contributed by atoms with E-state index in [0.717, 1.165) is 18.4 Å². The lowest BCUT2D eigenvalue weighted by Gasteiger charge is -2.22. The average Bonchev–Trinajstić information content (AvgIpc) is 2.69. The van der Waals surface area contributed by atoms with Crippen LogP contribution in [0.3, 0.4) is 0 Å². The average molecular weight is 226 g/mol. The second-order valence-electron chi connectivity index (χ2n) is 5.76. The van der Waals surface area contributed by atoms with Crippen molar-refractivity contribution in [2.75, 3.05) is 0 Å². The molecule has 1 unspecified atom stereocenters. The number of fused-ring (bicyclic) bond motifs is 1. The van der Waals surface area contributed by atoms with Crippen LogP contribution >= 0.6 is 0 Å². The van der Waals surface area contributed by atoms with Crippen LogP contribution in [0.15, 0.2) is 18.2 Å². The molecule has 17 heavy (non-hydrogen) atoms. The first-order valence-electron chi connectivity index (χ1n) is 6.07. The minimum atomic E-state index is -0.267. The van der Waals surface area contributed by atoms with Crippen molar-refractivity contribution < 1.29 is 4.79 Å². The van der Waals surface area contributed by atoms with Crippen molar-refractivity contribution in [1.82, 2.24) is 0 Å². The van der Waals surface area contributed by atoms with Crippen LogP contribution in [0.25, 0.3) is 0 Å². The van der Waals surface area contributed by atoms with Crippen LogP contribution < -0.4 is 0 Å². The predicted octanol–water partition coefficient (Wildman–Crippen LogP) is 3.31. The second-order valence-corrected chi connectivity index (χ2v) is 5.76. The fraction of sp³-hybridized carbons (Fsp3) is 0.438. The summed E-state index contributed by atoms with van der Waals surface area (Å²) < 4.78 is 0. The normalized spacial score (nSPS) is 18.6. The molecule has 1 nitrogen and oxygen atoms in total. The first-order chi connectivity index (χ1) is 7.93. The van der Waals surface area contributed by atoms with Crippen molar-refractivity contribution in [3.63, 3.8) is 0 Å². The number of ketones is 1. The summed E-state index contributed by atoms with van der Waals surface area (Å²) in [5.41, 5.74) is 3.08. The van der Waals surface area contributed by atoms with Crippen molar-refractivity contribution in [1.29, 1.82) is 0 Å². The molecule has 0 saturated carbocycles. The first-order valence-corrected chi connectivity index (χ1v) is 6.07. The van der Waals surface area contributed by atoms with Crippen molar-refractivity contribution >= 4 is 5.78 Å². The Kier molecular flexibility index (Phi) is 2.83.